The molecule has 0 aliphatic rings. The van der Waals surface area contributed by atoms with Gasteiger partial charge in [0.25, 0.3) is 0 Å². The van der Waals surface area contributed by atoms with Gasteiger partial charge in [-0.3, -0.25) is 9.20 Å². The molecule has 0 bridgehead atoms. The van der Waals surface area contributed by atoms with Crippen molar-refractivity contribution in [1.82, 2.24) is 14.4 Å². The smallest absolute Gasteiger partial charge is 0.309 e. The lowest BCUT2D eigenvalue weighted by Gasteiger charge is -2.10. The Morgan fingerprint density at radius 3 is 2.33 bits per heavy atom. The van der Waals surface area contributed by atoms with Crippen LogP contribution < -0.4 is 4.74 Å². The molecule has 6 nitrogen and oxygen atoms in total. The van der Waals surface area contributed by atoms with Crippen molar-refractivity contribution in [3.05, 3.63) is 107 Å². The number of aromatic nitrogens is 3. The Hall–Kier alpha value is -4.33. The highest BCUT2D eigenvalue weighted by molar-refractivity contribution is 5.70. The molecule has 0 aliphatic carbocycles. The molecule has 5 aromatic rings. The number of furan rings is 1. The fourth-order valence-corrected chi connectivity index (χ4v) is 4.14. The summed E-state index contributed by atoms with van der Waals surface area (Å²) in [6.45, 7) is 3.32. The zero-order valence-corrected chi connectivity index (χ0v) is 19.8. The Morgan fingerprint density at radius 1 is 0.944 bits per heavy atom. The number of benzene rings is 2. The summed E-state index contributed by atoms with van der Waals surface area (Å²) in [6, 6.07) is 16.6. The van der Waals surface area contributed by atoms with Gasteiger partial charge < -0.3 is 9.15 Å². The van der Waals surface area contributed by atoms with Crippen molar-refractivity contribution < 1.29 is 22.7 Å². The number of nitrogens with zero attached hydrogens (tertiary/aromatic N) is 3. The molecule has 0 N–H and O–H groups in total. The number of halogens is 2. The Bertz CT molecular complexity index is 1540. The summed E-state index contributed by atoms with van der Waals surface area (Å²) in [5, 5.41) is 0. The molecule has 0 amide bonds. The van der Waals surface area contributed by atoms with Crippen molar-refractivity contribution in [2.75, 3.05) is 0 Å². The molecule has 0 radical (unpaired) electrons. The third kappa shape index (κ3) is 4.88. The number of ether oxygens (including phenoxy) is 1. The Morgan fingerprint density at radius 2 is 1.67 bits per heavy atom. The van der Waals surface area contributed by atoms with Crippen LogP contribution in [-0.4, -0.2) is 20.3 Å². The first kappa shape index (κ1) is 23.4. The van der Waals surface area contributed by atoms with E-state index in [0.29, 0.717) is 40.5 Å². The first-order chi connectivity index (χ1) is 17.4. The minimum absolute atomic E-state index is 0.121. The van der Waals surface area contributed by atoms with Crippen molar-refractivity contribution in [3.63, 3.8) is 0 Å². The van der Waals surface area contributed by atoms with Crippen LogP contribution >= 0.6 is 0 Å². The largest absolute Gasteiger partial charge is 0.466 e. The van der Waals surface area contributed by atoms with Crippen LogP contribution in [0.1, 0.15) is 42.3 Å². The maximum absolute atomic E-state index is 13.9. The summed E-state index contributed by atoms with van der Waals surface area (Å²) in [4.78, 5) is 21.6. The van der Waals surface area contributed by atoms with Gasteiger partial charge in [-0.25, -0.2) is 18.7 Å². The first-order valence-corrected chi connectivity index (χ1v) is 11.6. The second-order valence-electron chi connectivity index (χ2n) is 8.44. The van der Waals surface area contributed by atoms with E-state index < -0.39 is 17.6 Å². The average molecular weight is 488 g/mol. The van der Waals surface area contributed by atoms with Gasteiger partial charge in [-0.15, -0.1) is 0 Å². The number of carbonyl (C=O) groups is 1. The summed E-state index contributed by atoms with van der Waals surface area (Å²) < 4.78 is 41.0. The van der Waals surface area contributed by atoms with Crippen LogP contribution in [0.2, 0.25) is 0 Å². The molecule has 36 heavy (non-hydrogen) atoms. The van der Waals surface area contributed by atoms with Gasteiger partial charge in [0, 0.05) is 37.6 Å². The van der Waals surface area contributed by atoms with Crippen molar-refractivity contribution in [1.29, 1.82) is 0 Å². The lowest BCUT2D eigenvalue weighted by atomic mass is 10.1. The molecular weight excluding hydrogens is 464 g/mol. The summed E-state index contributed by atoms with van der Waals surface area (Å²) in [6.07, 6.45) is 2.91. The van der Waals surface area contributed by atoms with E-state index >= 15 is 0 Å². The number of hydrogen-bond acceptors (Lipinski definition) is 5. The van der Waals surface area contributed by atoms with E-state index in [2.05, 4.69) is 0 Å². The number of aryl methyl sites for hydroxylation is 1. The van der Waals surface area contributed by atoms with Gasteiger partial charge >= 0.3 is 5.97 Å². The fourth-order valence-electron chi connectivity index (χ4n) is 4.14. The highest BCUT2D eigenvalue weighted by Gasteiger charge is 2.22. The number of rotatable bonds is 7. The summed E-state index contributed by atoms with van der Waals surface area (Å²) >= 11 is 0. The Labute approximate surface area is 206 Å². The molecule has 0 fully saturated rings. The number of fused-ring (bicyclic) bond motifs is 1. The predicted molar refractivity (Wildman–Crippen MR) is 130 cm³/mol. The third-order valence-electron chi connectivity index (χ3n) is 5.71. The zero-order chi connectivity index (χ0) is 25.2. The second-order valence-corrected chi connectivity index (χ2v) is 8.44. The molecular formula is C28H23F2N3O3. The van der Waals surface area contributed by atoms with Crippen LogP contribution in [-0.2, 0) is 24.1 Å². The highest BCUT2D eigenvalue weighted by atomic mass is 19.1. The molecule has 182 valence electrons. The van der Waals surface area contributed by atoms with Gasteiger partial charge in [0.1, 0.15) is 28.8 Å². The van der Waals surface area contributed by atoms with Crippen molar-refractivity contribution >= 4 is 11.6 Å². The zero-order valence-electron chi connectivity index (χ0n) is 19.8. The minimum Gasteiger partial charge on any atom is -0.466 e. The number of esters is 1. The molecule has 0 atom stereocenters. The standard InChI is InChI=1S/C28H23F2N3O3/c1-3-22-9-10-23(36-22)15-25-28(35-17(2)34)33-16-26(19-7-5-4-6-8-19)31-24(27(33)32-25)13-18-11-20(29)14-21(30)12-18/h4-12,14,16H,3,13,15H2,1-2H3. The van der Waals surface area contributed by atoms with Crippen molar-refractivity contribution in [3.8, 4) is 17.1 Å². The SMILES string of the molecule is CCc1ccc(Cc2nc3c(Cc4cc(F)cc(F)c4)nc(-c4ccccc4)cn3c2OC(C)=O)o1. The molecule has 0 unspecified atom stereocenters. The van der Waals surface area contributed by atoms with Crippen LogP contribution in [0.3, 0.4) is 0 Å². The monoisotopic (exact) mass is 487 g/mol. The summed E-state index contributed by atoms with van der Waals surface area (Å²) in [5.41, 5.74) is 3.22. The van der Waals surface area contributed by atoms with Crippen LogP contribution in [0.5, 0.6) is 5.88 Å². The fraction of sp³-hybridized carbons (Fsp3) is 0.179. The lowest BCUT2D eigenvalue weighted by molar-refractivity contribution is -0.132. The molecule has 0 spiro atoms. The second kappa shape index (κ2) is 9.73. The van der Waals surface area contributed by atoms with Crippen LogP contribution in [0.4, 0.5) is 8.78 Å². The minimum atomic E-state index is -0.672. The van der Waals surface area contributed by atoms with E-state index in [1.807, 2.05) is 49.4 Å². The molecule has 2 aromatic carbocycles. The van der Waals surface area contributed by atoms with E-state index in [-0.39, 0.29) is 12.3 Å². The maximum Gasteiger partial charge on any atom is 0.309 e. The topological polar surface area (TPSA) is 69.6 Å². The van der Waals surface area contributed by atoms with Gasteiger partial charge in [-0.2, -0.15) is 0 Å². The quantitative estimate of drug-likeness (QED) is 0.266. The number of hydrogen-bond donors (Lipinski definition) is 0. The van der Waals surface area contributed by atoms with Gasteiger partial charge in [-0.1, -0.05) is 37.3 Å². The van der Waals surface area contributed by atoms with E-state index in [0.717, 1.165) is 23.8 Å². The van der Waals surface area contributed by atoms with Crippen molar-refractivity contribution in [2.45, 2.75) is 33.1 Å². The summed E-state index contributed by atoms with van der Waals surface area (Å²) in [7, 11) is 0. The van der Waals surface area contributed by atoms with Crippen molar-refractivity contribution in [2.24, 2.45) is 0 Å². The molecule has 3 heterocycles. The van der Waals surface area contributed by atoms with Crippen LogP contribution in [0, 0.1) is 11.6 Å². The average Bonchev–Trinajstić information content (AvgIpc) is 3.44. The number of imidazole rings is 1. The van der Waals surface area contributed by atoms with Gasteiger partial charge in [0.2, 0.25) is 5.88 Å². The Kier molecular flexibility index (Phi) is 6.33. The lowest BCUT2D eigenvalue weighted by Crippen LogP contribution is -2.07. The molecule has 3 aromatic heterocycles. The molecule has 0 saturated carbocycles. The predicted octanol–water partition coefficient (Wildman–Crippen LogP) is 5.94. The normalized spacial score (nSPS) is 11.2. The van der Waals surface area contributed by atoms with Gasteiger partial charge in [0.05, 0.1) is 17.8 Å². The van der Waals surface area contributed by atoms with Crippen LogP contribution in [0.25, 0.3) is 16.9 Å². The maximum atomic E-state index is 13.9. The third-order valence-corrected chi connectivity index (χ3v) is 5.71. The van der Waals surface area contributed by atoms with Gasteiger partial charge in [-0.05, 0) is 29.8 Å². The molecule has 8 heteroatoms. The Balaban J connectivity index is 1.70. The highest BCUT2D eigenvalue weighted by Crippen LogP contribution is 2.30. The summed E-state index contributed by atoms with van der Waals surface area (Å²) in [5.74, 6) is -0.0844. The van der Waals surface area contributed by atoms with E-state index in [1.54, 1.807) is 10.6 Å². The van der Waals surface area contributed by atoms with E-state index in [4.69, 9.17) is 19.1 Å². The molecule has 0 aliphatic heterocycles. The van der Waals surface area contributed by atoms with E-state index in [1.165, 1.54) is 19.1 Å². The van der Waals surface area contributed by atoms with Gasteiger partial charge in [0.15, 0.2) is 5.65 Å². The molecule has 0 saturated heterocycles. The van der Waals surface area contributed by atoms with E-state index in [9.17, 15) is 13.6 Å². The first-order valence-electron chi connectivity index (χ1n) is 11.6. The molecule has 5 rings (SSSR count). The van der Waals surface area contributed by atoms with Crippen LogP contribution in [0.15, 0.2) is 71.3 Å². The number of carbonyl (C=O) groups excluding carboxylic acids is 1.